The van der Waals surface area contributed by atoms with Crippen LogP contribution in [0.4, 0.5) is 5.69 Å². The van der Waals surface area contributed by atoms with Gasteiger partial charge in [0, 0.05) is 38.4 Å². The van der Waals surface area contributed by atoms with Crippen molar-refractivity contribution < 1.29 is 9.21 Å². The average molecular weight is 559 g/mol. The fraction of sp³-hybridized carbons (Fsp3) is 0.0455. The number of rotatable bonds is 3. The van der Waals surface area contributed by atoms with Crippen molar-refractivity contribution in [3.63, 3.8) is 0 Å². The molecule has 0 fully saturated rings. The molecule has 31 heavy (non-hydrogen) atoms. The highest BCUT2D eigenvalue weighted by atomic mass is 79.9. The first-order valence-electron chi connectivity index (χ1n) is 9.17. The van der Waals surface area contributed by atoms with E-state index in [1.165, 1.54) is 6.07 Å². The van der Waals surface area contributed by atoms with E-state index in [0.29, 0.717) is 21.1 Å². The standard InChI is InChI=1S/C22H13Br2N3O3S/c1-11-10-31-22-26-18(9-27(11)22)12-3-2-4-15(6-12)25-20(28)16-7-13-5-14(23)8-17(24)19(13)30-21(16)29/h2-10H,1H3,(H,25,28). The normalized spacial score (nSPS) is 11.3. The number of thiazole rings is 1. The minimum absolute atomic E-state index is 0.0685. The first-order chi connectivity index (χ1) is 14.9. The molecule has 9 heteroatoms. The lowest BCUT2D eigenvalue weighted by Gasteiger charge is -2.07. The Morgan fingerprint density at radius 3 is 2.84 bits per heavy atom. The van der Waals surface area contributed by atoms with Gasteiger partial charge >= 0.3 is 5.63 Å². The van der Waals surface area contributed by atoms with Crippen LogP contribution in [-0.2, 0) is 0 Å². The molecular formula is C22H13Br2N3O3S. The molecule has 0 bridgehead atoms. The lowest BCUT2D eigenvalue weighted by Crippen LogP contribution is -2.20. The van der Waals surface area contributed by atoms with Gasteiger partial charge in [-0.3, -0.25) is 9.20 Å². The molecule has 6 nitrogen and oxygen atoms in total. The SMILES string of the molecule is Cc1csc2nc(-c3cccc(NC(=O)c4cc5cc(Br)cc(Br)c5oc4=O)c3)cn12. The number of nitrogens with one attached hydrogen (secondary N) is 1. The van der Waals surface area contributed by atoms with Gasteiger partial charge in [-0.15, -0.1) is 11.3 Å². The summed E-state index contributed by atoms with van der Waals surface area (Å²) < 4.78 is 8.83. The van der Waals surface area contributed by atoms with E-state index in [-0.39, 0.29) is 5.56 Å². The second-order valence-electron chi connectivity index (χ2n) is 6.94. The Kier molecular flexibility index (Phi) is 5.04. The summed E-state index contributed by atoms with van der Waals surface area (Å²) in [7, 11) is 0. The smallest absolute Gasteiger partial charge is 0.349 e. The molecule has 1 amide bonds. The van der Waals surface area contributed by atoms with Gasteiger partial charge in [0.2, 0.25) is 0 Å². The van der Waals surface area contributed by atoms with E-state index in [2.05, 4.69) is 47.5 Å². The Labute approximate surface area is 196 Å². The minimum atomic E-state index is -0.700. The number of halogens is 2. The van der Waals surface area contributed by atoms with Crippen LogP contribution in [0.25, 0.3) is 27.2 Å². The Bertz CT molecular complexity index is 1550. The average Bonchev–Trinajstić information content (AvgIpc) is 3.30. The number of hydrogen-bond acceptors (Lipinski definition) is 5. The third-order valence-corrected chi connectivity index (χ3v) is 6.81. The highest BCUT2D eigenvalue weighted by Gasteiger charge is 2.16. The predicted molar refractivity (Wildman–Crippen MR) is 129 cm³/mol. The number of fused-ring (bicyclic) bond motifs is 2. The summed E-state index contributed by atoms with van der Waals surface area (Å²) in [5, 5.41) is 5.47. The van der Waals surface area contributed by atoms with Gasteiger partial charge in [-0.1, -0.05) is 28.1 Å². The number of nitrogens with zero attached hydrogens (tertiary/aromatic N) is 2. The Hall–Kier alpha value is -2.75. The maximum Gasteiger partial charge on any atom is 0.349 e. The van der Waals surface area contributed by atoms with Crippen molar-refractivity contribution in [3.05, 3.63) is 84.7 Å². The van der Waals surface area contributed by atoms with Crippen LogP contribution in [0.1, 0.15) is 16.1 Å². The number of amides is 1. The highest BCUT2D eigenvalue weighted by Crippen LogP contribution is 2.29. The van der Waals surface area contributed by atoms with E-state index < -0.39 is 11.5 Å². The van der Waals surface area contributed by atoms with Crippen LogP contribution in [0.2, 0.25) is 0 Å². The first kappa shape index (κ1) is 20.2. The number of anilines is 1. The Morgan fingerprint density at radius 2 is 2.03 bits per heavy atom. The molecule has 3 aromatic heterocycles. The first-order valence-corrected chi connectivity index (χ1v) is 11.6. The highest BCUT2D eigenvalue weighted by molar-refractivity contribution is 9.11. The van der Waals surface area contributed by atoms with Crippen molar-refractivity contribution >= 4 is 70.7 Å². The second kappa shape index (κ2) is 7.74. The summed E-state index contributed by atoms with van der Waals surface area (Å²) in [5.74, 6) is -0.537. The van der Waals surface area contributed by atoms with Crippen molar-refractivity contribution in [3.8, 4) is 11.3 Å². The number of aryl methyl sites for hydroxylation is 1. The number of carbonyl (C=O) groups excluding carboxylic acids is 1. The van der Waals surface area contributed by atoms with Gasteiger partial charge in [-0.05, 0) is 53.2 Å². The third kappa shape index (κ3) is 3.73. The van der Waals surface area contributed by atoms with Crippen LogP contribution < -0.4 is 10.9 Å². The van der Waals surface area contributed by atoms with Gasteiger partial charge in [0.15, 0.2) is 10.5 Å². The molecule has 0 aliphatic rings. The van der Waals surface area contributed by atoms with Crippen LogP contribution in [0.15, 0.2) is 72.2 Å². The van der Waals surface area contributed by atoms with Crippen molar-refractivity contribution in [2.24, 2.45) is 0 Å². The zero-order valence-corrected chi connectivity index (χ0v) is 20.0. The summed E-state index contributed by atoms with van der Waals surface area (Å²) in [6.07, 6.45) is 1.97. The van der Waals surface area contributed by atoms with Crippen molar-refractivity contribution in [1.82, 2.24) is 9.38 Å². The molecule has 154 valence electrons. The molecule has 0 saturated heterocycles. The van der Waals surface area contributed by atoms with Crippen molar-refractivity contribution in [2.45, 2.75) is 6.92 Å². The van der Waals surface area contributed by atoms with E-state index in [0.717, 1.165) is 26.4 Å². The van der Waals surface area contributed by atoms with Gasteiger partial charge in [-0.25, -0.2) is 9.78 Å². The fourth-order valence-electron chi connectivity index (χ4n) is 3.30. The third-order valence-electron chi connectivity index (χ3n) is 4.80. The van der Waals surface area contributed by atoms with E-state index in [1.807, 2.05) is 35.7 Å². The summed E-state index contributed by atoms with van der Waals surface area (Å²) in [5.41, 5.74) is 2.98. The lowest BCUT2D eigenvalue weighted by atomic mass is 10.1. The number of benzene rings is 2. The van der Waals surface area contributed by atoms with Crippen LogP contribution in [0, 0.1) is 6.92 Å². The molecule has 0 spiro atoms. The van der Waals surface area contributed by atoms with E-state index >= 15 is 0 Å². The van der Waals surface area contributed by atoms with E-state index in [4.69, 9.17) is 4.42 Å². The number of imidazole rings is 1. The monoisotopic (exact) mass is 557 g/mol. The molecule has 5 aromatic rings. The van der Waals surface area contributed by atoms with E-state index in [9.17, 15) is 9.59 Å². The van der Waals surface area contributed by atoms with Crippen LogP contribution in [-0.4, -0.2) is 15.3 Å². The van der Waals surface area contributed by atoms with Gasteiger partial charge in [-0.2, -0.15) is 0 Å². The number of hydrogen-bond donors (Lipinski definition) is 1. The van der Waals surface area contributed by atoms with Gasteiger partial charge in [0.1, 0.15) is 5.56 Å². The summed E-state index contributed by atoms with van der Waals surface area (Å²) in [6.45, 7) is 2.03. The van der Waals surface area contributed by atoms with Crippen LogP contribution in [0.3, 0.4) is 0 Å². The van der Waals surface area contributed by atoms with Gasteiger partial charge in [0.05, 0.1) is 10.2 Å². The topological polar surface area (TPSA) is 76.6 Å². The predicted octanol–water partition coefficient (Wildman–Crippen LogP) is 6.25. The molecule has 0 saturated carbocycles. The molecule has 2 aromatic carbocycles. The molecule has 0 aliphatic carbocycles. The molecule has 0 unspecified atom stereocenters. The Balaban J connectivity index is 1.47. The largest absolute Gasteiger partial charge is 0.421 e. The molecule has 1 N–H and O–H groups in total. The quantitative estimate of drug-likeness (QED) is 0.265. The molecular weight excluding hydrogens is 546 g/mol. The molecule has 5 rings (SSSR count). The molecule has 3 heterocycles. The lowest BCUT2D eigenvalue weighted by molar-refractivity contribution is 0.102. The van der Waals surface area contributed by atoms with Crippen LogP contribution >= 0.6 is 43.2 Å². The maximum absolute atomic E-state index is 12.8. The number of aromatic nitrogens is 2. The maximum atomic E-state index is 12.8. The van der Waals surface area contributed by atoms with Gasteiger partial charge < -0.3 is 9.73 Å². The summed E-state index contributed by atoms with van der Waals surface area (Å²) in [6, 6.07) is 12.4. The molecule has 0 radical (unpaired) electrons. The summed E-state index contributed by atoms with van der Waals surface area (Å²) in [4.78, 5) is 30.8. The minimum Gasteiger partial charge on any atom is -0.421 e. The molecule has 0 aliphatic heterocycles. The fourth-order valence-corrected chi connectivity index (χ4v) is 5.49. The molecule has 0 atom stereocenters. The van der Waals surface area contributed by atoms with Gasteiger partial charge in [0.25, 0.3) is 5.91 Å². The van der Waals surface area contributed by atoms with Crippen LogP contribution in [0.5, 0.6) is 0 Å². The van der Waals surface area contributed by atoms with E-state index in [1.54, 1.807) is 29.5 Å². The number of carbonyl (C=O) groups is 1. The van der Waals surface area contributed by atoms with Crippen molar-refractivity contribution in [1.29, 1.82) is 0 Å². The summed E-state index contributed by atoms with van der Waals surface area (Å²) >= 11 is 8.35. The second-order valence-corrected chi connectivity index (χ2v) is 9.55. The Morgan fingerprint density at radius 1 is 1.19 bits per heavy atom. The zero-order chi connectivity index (χ0) is 21.7. The zero-order valence-electron chi connectivity index (χ0n) is 16.0. The van der Waals surface area contributed by atoms with Crippen molar-refractivity contribution in [2.75, 3.05) is 5.32 Å².